The van der Waals surface area contributed by atoms with Gasteiger partial charge in [-0.25, -0.2) is 0 Å². The normalized spacial score (nSPS) is 20.6. The molecule has 1 fully saturated rings. The SMILES string of the molecule is CNCC1CCCCN1C(=O)c1csc(Br)c1. The van der Waals surface area contributed by atoms with Crippen LogP contribution in [0.15, 0.2) is 15.2 Å². The van der Waals surface area contributed by atoms with Crippen LogP contribution in [0.2, 0.25) is 0 Å². The Balaban J connectivity index is 2.10. The highest BCUT2D eigenvalue weighted by Crippen LogP contribution is 2.24. The van der Waals surface area contributed by atoms with Gasteiger partial charge in [0.15, 0.2) is 0 Å². The largest absolute Gasteiger partial charge is 0.334 e. The molecule has 0 aromatic carbocycles. The lowest BCUT2D eigenvalue weighted by Gasteiger charge is -2.35. The average Bonchev–Trinajstić information content (AvgIpc) is 2.76. The molecule has 0 saturated carbocycles. The molecule has 1 saturated heterocycles. The Kier molecular flexibility index (Phi) is 4.59. The van der Waals surface area contributed by atoms with Gasteiger partial charge < -0.3 is 10.2 Å². The van der Waals surface area contributed by atoms with Crippen LogP contribution in [0.5, 0.6) is 0 Å². The van der Waals surface area contributed by atoms with E-state index in [-0.39, 0.29) is 5.91 Å². The summed E-state index contributed by atoms with van der Waals surface area (Å²) in [7, 11) is 1.94. The van der Waals surface area contributed by atoms with Crippen molar-refractivity contribution in [3.8, 4) is 0 Å². The van der Waals surface area contributed by atoms with Crippen molar-refractivity contribution >= 4 is 33.2 Å². The van der Waals surface area contributed by atoms with Gasteiger partial charge in [-0.15, -0.1) is 11.3 Å². The van der Waals surface area contributed by atoms with Crippen LogP contribution >= 0.6 is 27.3 Å². The van der Waals surface area contributed by atoms with E-state index in [0.29, 0.717) is 6.04 Å². The highest BCUT2D eigenvalue weighted by Gasteiger charge is 2.27. The summed E-state index contributed by atoms with van der Waals surface area (Å²) in [5.41, 5.74) is 0.810. The quantitative estimate of drug-likeness (QED) is 0.930. The van der Waals surface area contributed by atoms with Gasteiger partial charge in [-0.2, -0.15) is 0 Å². The fraction of sp³-hybridized carbons (Fsp3) is 0.583. The predicted octanol–water partition coefficient (Wildman–Crippen LogP) is 2.72. The number of halogens is 1. The minimum atomic E-state index is 0.173. The van der Waals surface area contributed by atoms with Gasteiger partial charge in [0.2, 0.25) is 0 Å². The summed E-state index contributed by atoms with van der Waals surface area (Å²) in [4.78, 5) is 14.4. The molecule has 1 amide bonds. The molecular weight excluding hydrogens is 300 g/mol. The van der Waals surface area contributed by atoms with Crippen LogP contribution in [0, 0.1) is 0 Å². The Labute approximate surface area is 114 Å². The first-order valence-corrected chi connectivity index (χ1v) is 7.59. The van der Waals surface area contributed by atoms with Crippen molar-refractivity contribution in [2.45, 2.75) is 25.3 Å². The molecule has 2 heterocycles. The number of likely N-dealkylation sites (tertiary alicyclic amines) is 1. The van der Waals surface area contributed by atoms with E-state index in [2.05, 4.69) is 21.2 Å². The molecule has 0 radical (unpaired) electrons. The molecule has 94 valence electrons. The molecular formula is C12H17BrN2OS. The zero-order chi connectivity index (χ0) is 12.3. The summed E-state index contributed by atoms with van der Waals surface area (Å²) in [6.45, 7) is 1.77. The van der Waals surface area contributed by atoms with Crippen molar-refractivity contribution in [1.29, 1.82) is 0 Å². The van der Waals surface area contributed by atoms with E-state index >= 15 is 0 Å². The number of hydrogen-bond acceptors (Lipinski definition) is 3. The topological polar surface area (TPSA) is 32.3 Å². The third-order valence-electron chi connectivity index (χ3n) is 3.14. The van der Waals surface area contributed by atoms with Gasteiger partial charge >= 0.3 is 0 Å². The minimum Gasteiger partial charge on any atom is -0.334 e. The highest BCUT2D eigenvalue weighted by molar-refractivity contribution is 9.11. The van der Waals surface area contributed by atoms with E-state index in [1.165, 1.54) is 6.42 Å². The maximum absolute atomic E-state index is 12.4. The second-order valence-corrected chi connectivity index (χ2v) is 6.64. The number of likely N-dealkylation sites (N-methyl/N-ethyl adjacent to an activating group) is 1. The van der Waals surface area contributed by atoms with Gasteiger partial charge in [-0.3, -0.25) is 4.79 Å². The van der Waals surface area contributed by atoms with Gasteiger partial charge in [-0.05, 0) is 48.3 Å². The fourth-order valence-electron chi connectivity index (χ4n) is 2.30. The molecule has 0 spiro atoms. The molecule has 3 nitrogen and oxygen atoms in total. The van der Waals surface area contributed by atoms with Gasteiger partial charge in [0.1, 0.15) is 0 Å². The maximum Gasteiger partial charge on any atom is 0.255 e. The van der Waals surface area contributed by atoms with Crippen molar-refractivity contribution in [2.75, 3.05) is 20.1 Å². The number of amides is 1. The second-order valence-electron chi connectivity index (χ2n) is 4.35. The summed E-state index contributed by atoms with van der Waals surface area (Å²) in [5.74, 6) is 0.173. The molecule has 1 aliphatic heterocycles. The number of carbonyl (C=O) groups is 1. The van der Waals surface area contributed by atoms with Gasteiger partial charge in [0.25, 0.3) is 5.91 Å². The summed E-state index contributed by atoms with van der Waals surface area (Å²) < 4.78 is 1.02. The number of rotatable bonds is 3. The van der Waals surface area contributed by atoms with Gasteiger partial charge in [0.05, 0.1) is 9.35 Å². The number of thiophene rings is 1. The number of hydrogen-bond donors (Lipinski definition) is 1. The molecule has 1 N–H and O–H groups in total. The lowest BCUT2D eigenvalue weighted by atomic mass is 10.0. The van der Waals surface area contributed by atoms with E-state index in [0.717, 1.165) is 35.3 Å². The number of piperidine rings is 1. The Hall–Kier alpha value is -0.390. The van der Waals surface area contributed by atoms with E-state index in [1.807, 2.05) is 23.4 Å². The van der Waals surface area contributed by atoms with Crippen LogP contribution in [0.1, 0.15) is 29.6 Å². The van der Waals surface area contributed by atoms with Gasteiger partial charge in [0, 0.05) is 24.5 Å². The van der Waals surface area contributed by atoms with Crippen LogP contribution in [-0.4, -0.2) is 37.0 Å². The Morgan fingerprint density at radius 1 is 1.65 bits per heavy atom. The lowest BCUT2D eigenvalue weighted by Crippen LogP contribution is -2.47. The minimum absolute atomic E-state index is 0.173. The third kappa shape index (κ3) is 3.09. The molecule has 0 bridgehead atoms. The lowest BCUT2D eigenvalue weighted by molar-refractivity contribution is 0.0615. The van der Waals surface area contributed by atoms with Crippen LogP contribution in [0.3, 0.4) is 0 Å². The molecule has 5 heteroatoms. The molecule has 1 unspecified atom stereocenters. The van der Waals surface area contributed by atoms with Crippen molar-refractivity contribution in [2.24, 2.45) is 0 Å². The first-order chi connectivity index (χ1) is 8.22. The molecule has 1 aromatic heterocycles. The zero-order valence-electron chi connectivity index (χ0n) is 9.91. The van der Waals surface area contributed by atoms with Crippen molar-refractivity contribution < 1.29 is 4.79 Å². The molecule has 17 heavy (non-hydrogen) atoms. The molecule has 1 aromatic rings. The van der Waals surface area contributed by atoms with Crippen LogP contribution in [0.25, 0.3) is 0 Å². The average molecular weight is 317 g/mol. The second kappa shape index (κ2) is 5.98. The number of nitrogens with one attached hydrogen (secondary N) is 1. The van der Waals surface area contributed by atoms with Crippen molar-refractivity contribution in [3.05, 3.63) is 20.8 Å². The highest BCUT2D eigenvalue weighted by atomic mass is 79.9. The van der Waals surface area contributed by atoms with E-state index in [1.54, 1.807) is 11.3 Å². The van der Waals surface area contributed by atoms with Crippen LogP contribution < -0.4 is 5.32 Å². The summed E-state index contributed by atoms with van der Waals surface area (Å²) in [6.07, 6.45) is 3.46. The third-order valence-corrected chi connectivity index (χ3v) is 4.65. The Morgan fingerprint density at radius 3 is 3.12 bits per heavy atom. The van der Waals surface area contributed by atoms with Crippen LogP contribution in [-0.2, 0) is 0 Å². The fourth-order valence-corrected chi connectivity index (χ4v) is 3.43. The first kappa shape index (κ1) is 13.1. The monoisotopic (exact) mass is 316 g/mol. The number of carbonyl (C=O) groups excluding carboxylic acids is 1. The van der Waals surface area contributed by atoms with E-state index in [9.17, 15) is 4.79 Å². The van der Waals surface area contributed by atoms with E-state index in [4.69, 9.17) is 0 Å². The van der Waals surface area contributed by atoms with Crippen molar-refractivity contribution in [3.63, 3.8) is 0 Å². The van der Waals surface area contributed by atoms with Gasteiger partial charge in [-0.1, -0.05) is 0 Å². The first-order valence-electron chi connectivity index (χ1n) is 5.92. The summed E-state index contributed by atoms with van der Waals surface area (Å²) in [5, 5.41) is 5.11. The van der Waals surface area contributed by atoms with Crippen LogP contribution in [0.4, 0.5) is 0 Å². The molecule has 1 aliphatic rings. The Morgan fingerprint density at radius 2 is 2.47 bits per heavy atom. The standard InChI is InChI=1S/C12H17BrN2OS/c1-14-7-10-4-2-3-5-15(10)12(16)9-6-11(13)17-8-9/h6,8,10,14H,2-5,7H2,1H3. The Bertz CT molecular complexity index is 392. The smallest absolute Gasteiger partial charge is 0.255 e. The number of nitrogens with zero attached hydrogens (tertiary/aromatic N) is 1. The molecule has 2 rings (SSSR count). The van der Waals surface area contributed by atoms with Crippen molar-refractivity contribution in [1.82, 2.24) is 10.2 Å². The van der Waals surface area contributed by atoms with E-state index < -0.39 is 0 Å². The maximum atomic E-state index is 12.4. The predicted molar refractivity (Wildman–Crippen MR) is 74.6 cm³/mol. The molecule has 1 atom stereocenters. The summed E-state index contributed by atoms with van der Waals surface area (Å²) >= 11 is 4.97. The molecule has 0 aliphatic carbocycles. The zero-order valence-corrected chi connectivity index (χ0v) is 12.3. The summed E-state index contributed by atoms with van der Waals surface area (Å²) in [6, 6.07) is 2.26.